The lowest BCUT2D eigenvalue weighted by molar-refractivity contribution is -0.0925. The molecule has 0 saturated carbocycles. The number of thioether (sulfide) groups is 1. The van der Waals surface area contributed by atoms with E-state index in [4.69, 9.17) is 0 Å². The van der Waals surface area contributed by atoms with Crippen LogP contribution in [0.25, 0.3) is 0 Å². The number of alkyl halides is 3. The summed E-state index contributed by atoms with van der Waals surface area (Å²) in [6.07, 6.45) is -0.433. The normalized spacial score (nSPS) is 30.6. The first-order chi connectivity index (χ1) is 5.45. The standard InChI is InChI=1S/C8H11F3S/c1-5-3-6(8(9,10)11)7(4-5)12-2/h3,5,7H,4H2,1-2H3. The predicted molar refractivity (Wildman–Crippen MR) is 45.2 cm³/mol. The molecule has 0 spiro atoms. The molecule has 0 aromatic carbocycles. The van der Waals surface area contributed by atoms with Crippen LogP contribution in [0.2, 0.25) is 0 Å². The molecule has 2 unspecified atom stereocenters. The van der Waals surface area contributed by atoms with Crippen molar-refractivity contribution in [2.75, 3.05) is 6.26 Å². The van der Waals surface area contributed by atoms with Crippen LogP contribution in [0.15, 0.2) is 11.6 Å². The third kappa shape index (κ3) is 1.97. The van der Waals surface area contributed by atoms with Gasteiger partial charge < -0.3 is 0 Å². The van der Waals surface area contributed by atoms with Gasteiger partial charge in [-0.05, 0) is 18.6 Å². The van der Waals surface area contributed by atoms with Crippen molar-refractivity contribution in [2.24, 2.45) is 5.92 Å². The fourth-order valence-corrected chi connectivity index (χ4v) is 2.41. The lowest BCUT2D eigenvalue weighted by Gasteiger charge is -2.14. The maximum atomic E-state index is 12.3. The summed E-state index contributed by atoms with van der Waals surface area (Å²) in [6.45, 7) is 1.82. The number of halogens is 3. The molecule has 0 bridgehead atoms. The summed E-state index contributed by atoms with van der Waals surface area (Å²) in [5.74, 6) is 0.0686. The van der Waals surface area contributed by atoms with Crippen molar-refractivity contribution in [1.82, 2.24) is 0 Å². The first-order valence-electron chi connectivity index (χ1n) is 3.77. The minimum absolute atomic E-state index is 0.0686. The number of allylic oxidation sites excluding steroid dienone is 1. The molecule has 12 heavy (non-hydrogen) atoms. The van der Waals surface area contributed by atoms with Crippen molar-refractivity contribution in [3.63, 3.8) is 0 Å². The van der Waals surface area contributed by atoms with Gasteiger partial charge in [-0.3, -0.25) is 0 Å². The molecular weight excluding hydrogens is 185 g/mol. The monoisotopic (exact) mass is 196 g/mol. The Morgan fingerprint density at radius 3 is 2.42 bits per heavy atom. The van der Waals surface area contributed by atoms with E-state index in [0.717, 1.165) is 0 Å². The van der Waals surface area contributed by atoms with Crippen molar-refractivity contribution in [1.29, 1.82) is 0 Å². The Bertz CT molecular complexity index is 195. The van der Waals surface area contributed by atoms with Crippen LogP contribution in [0.5, 0.6) is 0 Å². The van der Waals surface area contributed by atoms with Gasteiger partial charge >= 0.3 is 6.18 Å². The van der Waals surface area contributed by atoms with Crippen molar-refractivity contribution < 1.29 is 13.2 Å². The van der Waals surface area contributed by atoms with Crippen molar-refractivity contribution in [2.45, 2.75) is 24.8 Å². The molecule has 1 aliphatic carbocycles. The van der Waals surface area contributed by atoms with E-state index in [1.165, 1.54) is 17.8 Å². The molecule has 0 fully saturated rings. The largest absolute Gasteiger partial charge is 0.413 e. The second kappa shape index (κ2) is 3.32. The molecule has 1 rings (SSSR count). The van der Waals surface area contributed by atoms with Gasteiger partial charge in [0.1, 0.15) is 0 Å². The van der Waals surface area contributed by atoms with Gasteiger partial charge in [0.25, 0.3) is 0 Å². The molecule has 0 radical (unpaired) electrons. The van der Waals surface area contributed by atoms with E-state index in [-0.39, 0.29) is 16.7 Å². The highest BCUT2D eigenvalue weighted by Gasteiger charge is 2.41. The topological polar surface area (TPSA) is 0 Å². The summed E-state index contributed by atoms with van der Waals surface area (Å²) < 4.78 is 36.9. The molecule has 0 aliphatic heterocycles. The fraction of sp³-hybridized carbons (Fsp3) is 0.750. The Labute approximate surface area is 74.2 Å². The highest BCUT2D eigenvalue weighted by Crippen LogP contribution is 2.41. The Morgan fingerprint density at radius 1 is 1.50 bits per heavy atom. The molecule has 0 aromatic rings. The maximum Gasteiger partial charge on any atom is 0.413 e. The van der Waals surface area contributed by atoms with Gasteiger partial charge in [-0.15, -0.1) is 0 Å². The highest BCUT2D eigenvalue weighted by molar-refractivity contribution is 7.99. The molecule has 70 valence electrons. The van der Waals surface area contributed by atoms with Crippen LogP contribution >= 0.6 is 11.8 Å². The molecule has 0 heterocycles. The van der Waals surface area contributed by atoms with E-state index in [1.807, 2.05) is 6.92 Å². The summed E-state index contributed by atoms with van der Waals surface area (Å²) in [4.78, 5) is 0. The van der Waals surface area contributed by atoms with Crippen molar-refractivity contribution >= 4 is 11.8 Å². The van der Waals surface area contributed by atoms with Gasteiger partial charge in [-0.1, -0.05) is 13.0 Å². The van der Waals surface area contributed by atoms with E-state index < -0.39 is 6.18 Å². The molecule has 2 atom stereocenters. The number of hydrogen-bond acceptors (Lipinski definition) is 1. The van der Waals surface area contributed by atoms with Gasteiger partial charge in [-0.25, -0.2) is 0 Å². The maximum absolute atomic E-state index is 12.3. The summed E-state index contributed by atoms with van der Waals surface area (Å²) in [6, 6.07) is 0. The molecular formula is C8H11F3S. The zero-order valence-corrected chi connectivity index (χ0v) is 7.80. The average molecular weight is 196 g/mol. The van der Waals surface area contributed by atoms with E-state index in [2.05, 4.69) is 0 Å². The molecule has 0 N–H and O–H groups in total. The van der Waals surface area contributed by atoms with Crippen LogP contribution in [-0.2, 0) is 0 Å². The lowest BCUT2D eigenvalue weighted by Crippen LogP contribution is -2.18. The molecule has 0 nitrogen and oxygen atoms in total. The van der Waals surface area contributed by atoms with E-state index in [0.29, 0.717) is 6.42 Å². The Balaban J connectivity index is 2.80. The third-order valence-corrected chi connectivity index (χ3v) is 3.02. The van der Waals surface area contributed by atoms with Gasteiger partial charge in [0.15, 0.2) is 0 Å². The second-order valence-electron chi connectivity index (χ2n) is 3.06. The van der Waals surface area contributed by atoms with E-state index >= 15 is 0 Å². The summed E-state index contributed by atoms with van der Waals surface area (Å²) >= 11 is 1.28. The van der Waals surface area contributed by atoms with Crippen LogP contribution < -0.4 is 0 Å². The first-order valence-corrected chi connectivity index (χ1v) is 5.05. The van der Waals surface area contributed by atoms with Crippen molar-refractivity contribution in [3.05, 3.63) is 11.6 Å². The average Bonchev–Trinajstić information content (AvgIpc) is 2.29. The molecule has 0 saturated heterocycles. The lowest BCUT2D eigenvalue weighted by atomic mass is 10.2. The highest BCUT2D eigenvalue weighted by atomic mass is 32.2. The summed E-state index contributed by atoms with van der Waals surface area (Å²) in [5, 5.41) is -0.347. The minimum atomic E-state index is -4.13. The van der Waals surface area contributed by atoms with Crippen LogP contribution in [0, 0.1) is 5.92 Å². The first kappa shape index (κ1) is 9.96. The quantitative estimate of drug-likeness (QED) is 0.580. The third-order valence-electron chi connectivity index (χ3n) is 2.01. The fourth-order valence-electron chi connectivity index (χ4n) is 1.45. The van der Waals surface area contributed by atoms with E-state index in [9.17, 15) is 13.2 Å². The zero-order valence-electron chi connectivity index (χ0n) is 6.98. The SMILES string of the molecule is CSC1CC(C)C=C1C(F)(F)F. The van der Waals surface area contributed by atoms with Gasteiger partial charge in [0, 0.05) is 10.8 Å². The zero-order chi connectivity index (χ0) is 9.35. The predicted octanol–water partition coefficient (Wildman–Crippen LogP) is 3.25. The van der Waals surface area contributed by atoms with Crippen LogP contribution in [0.3, 0.4) is 0 Å². The number of rotatable bonds is 1. The van der Waals surface area contributed by atoms with Crippen LogP contribution in [0.4, 0.5) is 13.2 Å². The minimum Gasteiger partial charge on any atom is -0.166 e. The van der Waals surface area contributed by atoms with Gasteiger partial charge in [0.2, 0.25) is 0 Å². The number of hydrogen-bond donors (Lipinski definition) is 0. The van der Waals surface area contributed by atoms with Gasteiger partial charge in [0.05, 0.1) is 0 Å². The Hall–Kier alpha value is -0.120. The van der Waals surface area contributed by atoms with Crippen molar-refractivity contribution in [3.8, 4) is 0 Å². The summed E-state index contributed by atoms with van der Waals surface area (Å²) in [7, 11) is 0. The molecule has 4 heteroatoms. The van der Waals surface area contributed by atoms with Gasteiger partial charge in [-0.2, -0.15) is 24.9 Å². The van der Waals surface area contributed by atoms with Crippen LogP contribution in [-0.4, -0.2) is 17.7 Å². The molecule has 0 aromatic heterocycles. The Morgan fingerprint density at radius 2 is 2.08 bits per heavy atom. The Kier molecular flexibility index (Phi) is 2.76. The molecule has 0 amide bonds. The van der Waals surface area contributed by atoms with E-state index in [1.54, 1.807) is 6.26 Å². The second-order valence-corrected chi connectivity index (χ2v) is 4.10. The van der Waals surface area contributed by atoms with Crippen LogP contribution in [0.1, 0.15) is 13.3 Å². The molecule has 1 aliphatic rings. The smallest absolute Gasteiger partial charge is 0.166 e. The summed E-state index contributed by atoms with van der Waals surface area (Å²) in [5.41, 5.74) is -0.345.